The van der Waals surface area contributed by atoms with Crippen molar-refractivity contribution in [2.45, 2.75) is 32.7 Å². The fourth-order valence-electron chi connectivity index (χ4n) is 3.89. The van der Waals surface area contributed by atoms with E-state index in [4.69, 9.17) is 9.72 Å². The van der Waals surface area contributed by atoms with Gasteiger partial charge in [-0.3, -0.25) is 14.1 Å². The van der Waals surface area contributed by atoms with Crippen molar-refractivity contribution in [1.29, 1.82) is 0 Å². The number of hydrogen-bond acceptors (Lipinski definition) is 8. The summed E-state index contributed by atoms with van der Waals surface area (Å²) in [6, 6.07) is 2.10. The minimum absolute atomic E-state index is 0.0737. The van der Waals surface area contributed by atoms with E-state index in [1.54, 1.807) is 39.9 Å². The molecule has 0 unspecified atom stereocenters. The van der Waals surface area contributed by atoms with E-state index in [1.165, 1.54) is 0 Å². The van der Waals surface area contributed by atoms with Gasteiger partial charge >= 0.3 is 5.69 Å². The maximum atomic E-state index is 12.9. The second-order valence-corrected chi connectivity index (χ2v) is 8.95. The summed E-state index contributed by atoms with van der Waals surface area (Å²) in [5.74, 6) is 0.435. The summed E-state index contributed by atoms with van der Waals surface area (Å²) in [6.45, 7) is 5.30. The van der Waals surface area contributed by atoms with Crippen LogP contribution >= 0.6 is 11.3 Å². The fraction of sp³-hybridized carbons (Fsp3) is 0.381. The number of anilines is 2. The number of nitrogens with zero attached hydrogens (tertiary/aromatic N) is 6. The molecule has 1 aliphatic rings. The molecular weight excluding hydrogens is 414 g/mol. The average molecular weight is 438 g/mol. The van der Waals surface area contributed by atoms with Crippen LogP contribution in [0.3, 0.4) is 0 Å². The molecule has 0 radical (unpaired) electrons. The quantitative estimate of drug-likeness (QED) is 0.522. The Morgan fingerprint density at radius 2 is 1.94 bits per heavy atom. The third kappa shape index (κ3) is 3.61. The predicted molar refractivity (Wildman–Crippen MR) is 120 cm³/mol. The summed E-state index contributed by atoms with van der Waals surface area (Å²) >= 11 is 1.62. The van der Waals surface area contributed by atoms with Crippen LogP contribution in [0.25, 0.3) is 21.7 Å². The van der Waals surface area contributed by atoms with Gasteiger partial charge in [0.25, 0.3) is 0 Å². The Labute approximate surface area is 182 Å². The molecule has 5 heterocycles. The SMILES string of the molecule is Cc1ncc(-c2cc(C)c(Nc3ncc4c(n3)n(C3CCOCC3)c(=O)n4C)cn2)s1. The number of hydrogen-bond donors (Lipinski definition) is 1. The number of imidazole rings is 1. The summed E-state index contributed by atoms with van der Waals surface area (Å²) in [5, 5.41) is 4.27. The van der Waals surface area contributed by atoms with Crippen LogP contribution in [0, 0.1) is 13.8 Å². The molecule has 0 amide bonds. The van der Waals surface area contributed by atoms with Crippen molar-refractivity contribution in [3.8, 4) is 10.6 Å². The Morgan fingerprint density at radius 1 is 1.13 bits per heavy atom. The predicted octanol–water partition coefficient (Wildman–Crippen LogP) is 3.36. The van der Waals surface area contributed by atoms with Gasteiger partial charge in [-0.15, -0.1) is 11.3 Å². The van der Waals surface area contributed by atoms with Crippen molar-refractivity contribution in [2.24, 2.45) is 7.05 Å². The molecule has 0 spiro atoms. The van der Waals surface area contributed by atoms with Crippen molar-refractivity contribution in [2.75, 3.05) is 18.5 Å². The van der Waals surface area contributed by atoms with Crippen LogP contribution in [0.15, 0.2) is 29.5 Å². The number of thiazole rings is 1. The van der Waals surface area contributed by atoms with Gasteiger partial charge in [0.05, 0.1) is 33.7 Å². The zero-order valence-corrected chi connectivity index (χ0v) is 18.4. The lowest BCUT2D eigenvalue weighted by atomic mass is 10.1. The van der Waals surface area contributed by atoms with Crippen molar-refractivity contribution in [3.05, 3.63) is 45.7 Å². The zero-order chi connectivity index (χ0) is 21.5. The van der Waals surface area contributed by atoms with Gasteiger partial charge in [0, 0.05) is 32.5 Å². The Hall–Kier alpha value is -3.11. The maximum Gasteiger partial charge on any atom is 0.330 e. The Balaban J connectivity index is 1.49. The lowest BCUT2D eigenvalue weighted by molar-refractivity contribution is 0.0695. The summed E-state index contributed by atoms with van der Waals surface area (Å²) in [5.41, 5.74) is 4.01. The van der Waals surface area contributed by atoms with Crippen LogP contribution in [0.2, 0.25) is 0 Å². The number of aryl methyl sites for hydroxylation is 3. The van der Waals surface area contributed by atoms with E-state index in [0.29, 0.717) is 30.3 Å². The first-order valence-electron chi connectivity index (χ1n) is 10.2. The van der Waals surface area contributed by atoms with E-state index in [-0.39, 0.29) is 11.7 Å². The first kappa shape index (κ1) is 19.8. The van der Waals surface area contributed by atoms with E-state index in [9.17, 15) is 4.79 Å². The molecule has 1 N–H and O–H groups in total. The molecule has 0 aliphatic carbocycles. The molecule has 0 atom stereocenters. The number of nitrogens with one attached hydrogen (secondary N) is 1. The molecule has 1 saturated heterocycles. The van der Waals surface area contributed by atoms with Crippen LogP contribution in [-0.2, 0) is 11.8 Å². The standard InChI is InChI=1S/C21H23N7O2S/c1-12-8-15(18-11-22-13(2)31-18)23-9-16(12)25-20-24-10-17-19(26-20)28(21(29)27(17)3)14-4-6-30-7-5-14/h8-11,14H,4-7H2,1-3H3,(H,24,25,26). The van der Waals surface area contributed by atoms with Crippen LogP contribution in [0.1, 0.15) is 29.5 Å². The molecule has 4 aromatic heterocycles. The third-order valence-corrected chi connectivity index (χ3v) is 6.55. The van der Waals surface area contributed by atoms with E-state index in [0.717, 1.165) is 39.7 Å². The molecule has 4 aromatic rings. The zero-order valence-electron chi connectivity index (χ0n) is 17.6. The minimum Gasteiger partial charge on any atom is -0.381 e. The fourth-order valence-corrected chi connectivity index (χ4v) is 4.64. The van der Waals surface area contributed by atoms with Gasteiger partial charge in [0.1, 0.15) is 5.52 Å². The smallest absolute Gasteiger partial charge is 0.330 e. The number of pyridine rings is 1. The van der Waals surface area contributed by atoms with Gasteiger partial charge in [-0.1, -0.05) is 0 Å². The molecule has 1 fully saturated rings. The maximum absolute atomic E-state index is 12.9. The third-order valence-electron chi connectivity index (χ3n) is 5.62. The summed E-state index contributed by atoms with van der Waals surface area (Å²) in [7, 11) is 1.75. The molecule has 9 nitrogen and oxygen atoms in total. The van der Waals surface area contributed by atoms with Gasteiger partial charge < -0.3 is 10.1 Å². The summed E-state index contributed by atoms with van der Waals surface area (Å²) < 4.78 is 8.85. The first-order valence-corrected chi connectivity index (χ1v) is 11.0. The molecule has 0 bridgehead atoms. The summed E-state index contributed by atoms with van der Waals surface area (Å²) in [4.78, 5) is 31.9. The van der Waals surface area contributed by atoms with Crippen LogP contribution in [0.4, 0.5) is 11.6 Å². The topological polar surface area (TPSA) is 99.8 Å². The first-order chi connectivity index (χ1) is 15.0. The van der Waals surface area contributed by atoms with Crippen molar-refractivity contribution in [1.82, 2.24) is 29.1 Å². The van der Waals surface area contributed by atoms with E-state index in [2.05, 4.69) is 20.3 Å². The highest BCUT2D eigenvalue weighted by Gasteiger charge is 2.23. The van der Waals surface area contributed by atoms with E-state index < -0.39 is 0 Å². The molecule has 5 rings (SSSR count). The monoisotopic (exact) mass is 437 g/mol. The molecule has 160 valence electrons. The molecular formula is C21H23N7O2S. The van der Waals surface area contributed by atoms with Gasteiger partial charge in [0.2, 0.25) is 5.95 Å². The largest absolute Gasteiger partial charge is 0.381 e. The van der Waals surface area contributed by atoms with Gasteiger partial charge in [-0.2, -0.15) is 4.98 Å². The van der Waals surface area contributed by atoms with Crippen LogP contribution < -0.4 is 11.0 Å². The Kier molecular flexibility index (Phi) is 5.03. The van der Waals surface area contributed by atoms with Gasteiger partial charge in [-0.25, -0.2) is 14.8 Å². The molecule has 31 heavy (non-hydrogen) atoms. The summed E-state index contributed by atoms with van der Waals surface area (Å²) in [6.07, 6.45) is 6.92. The average Bonchev–Trinajstić information content (AvgIpc) is 3.31. The Morgan fingerprint density at radius 3 is 2.65 bits per heavy atom. The van der Waals surface area contributed by atoms with Crippen molar-refractivity contribution in [3.63, 3.8) is 0 Å². The lowest BCUT2D eigenvalue weighted by Crippen LogP contribution is -2.30. The van der Waals surface area contributed by atoms with Crippen molar-refractivity contribution < 1.29 is 4.74 Å². The lowest BCUT2D eigenvalue weighted by Gasteiger charge is -2.22. The number of fused-ring (bicyclic) bond motifs is 1. The molecule has 1 aliphatic heterocycles. The number of ether oxygens (including phenoxy) is 1. The molecule has 0 saturated carbocycles. The minimum atomic E-state index is -0.0737. The second-order valence-electron chi connectivity index (χ2n) is 7.71. The normalized spacial score (nSPS) is 14.9. The molecule has 0 aromatic carbocycles. The number of aromatic nitrogens is 6. The molecule has 10 heteroatoms. The van der Waals surface area contributed by atoms with Crippen LogP contribution in [-0.4, -0.2) is 42.3 Å². The second kappa shape index (κ2) is 7.86. The van der Waals surface area contributed by atoms with Crippen molar-refractivity contribution >= 4 is 34.1 Å². The van der Waals surface area contributed by atoms with E-state index >= 15 is 0 Å². The highest BCUT2D eigenvalue weighted by molar-refractivity contribution is 7.15. The van der Waals surface area contributed by atoms with Gasteiger partial charge in [0.15, 0.2) is 5.65 Å². The Bertz CT molecular complexity index is 1320. The van der Waals surface area contributed by atoms with E-state index in [1.807, 2.05) is 26.1 Å². The van der Waals surface area contributed by atoms with Gasteiger partial charge in [-0.05, 0) is 38.3 Å². The highest BCUT2D eigenvalue weighted by atomic mass is 32.1. The van der Waals surface area contributed by atoms with Crippen LogP contribution in [0.5, 0.6) is 0 Å². The highest BCUT2D eigenvalue weighted by Crippen LogP contribution is 2.28. The number of rotatable bonds is 4.